The predicted molar refractivity (Wildman–Crippen MR) is 70.3 cm³/mol. The molecule has 86 valence electrons. The first kappa shape index (κ1) is 11.9. The molecule has 0 bridgehead atoms. The summed E-state index contributed by atoms with van der Waals surface area (Å²) < 4.78 is 1.07. The van der Waals surface area contributed by atoms with E-state index in [2.05, 4.69) is 22.6 Å². The molecule has 3 nitrogen and oxygen atoms in total. The number of halogens is 1. The van der Waals surface area contributed by atoms with E-state index in [1.54, 1.807) is 0 Å². The number of rotatable bonds is 1. The Morgan fingerprint density at radius 3 is 2.69 bits per heavy atom. The van der Waals surface area contributed by atoms with E-state index >= 15 is 0 Å². The zero-order chi connectivity index (χ0) is 11.5. The van der Waals surface area contributed by atoms with Crippen LogP contribution in [0, 0.1) is 3.57 Å². The second kappa shape index (κ2) is 5.14. The van der Waals surface area contributed by atoms with E-state index < -0.39 is 0 Å². The van der Waals surface area contributed by atoms with Crippen molar-refractivity contribution in [2.75, 3.05) is 13.1 Å². The summed E-state index contributed by atoms with van der Waals surface area (Å²) in [5.41, 5.74) is 0.739. The highest BCUT2D eigenvalue weighted by atomic mass is 127. The molecule has 4 heteroatoms. The first-order valence-electron chi connectivity index (χ1n) is 5.40. The van der Waals surface area contributed by atoms with Crippen molar-refractivity contribution in [3.05, 3.63) is 33.4 Å². The molecule has 1 amide bonds. The predicted octanol–water partition coefficient (Wildman–Crippen LogP) is 1.89. The normalized spacial score (nSPS) is 17.5. The Bertz CT molecular complexity index is 386. The number of aliphatic hydroxyl groups is 1. The van der Waals surface area contributed by atoms with Gasteiger partial charge < -0.3 is 10.0 Å². The number of likely N-dealkylation sites (tertiary alicyclic amines) is 1. The molecule has 1 N–H and O–H groups in total. The summed E-state index contributed by atoms with van der Waals surface area (Å²) >= 11 is 2.20. The molecule has 0 unspecified atom stereocenters. The van der Waals surface area contributed by atoms with Gasteiger partial charge in [-0.2, -0.15) is 0 Å². The van der Waals surface area contributed by atoms with Crippen LogP contribution in [-0.2, 0) is 0 Å². The Hall–Kier alpha value is -0.620. The van der Waals surface area contributed by atoms with Crippen LogP contribution in [0.5, 0.6) is 0 Å². The van der Waals surface area contributed by atoms with Gasteiger partial charge in [0.05, 0.1) is 6.10 Å². The fourth-order valence-corrected chi connectivity index (χ4v) is 2.42. The first-order chi connectivity index (χ1) is 7.66. The number of piperidine rings is 1. The largest absolute Gasteiger partial charge is 0.393 e. The van der Waals surface area contributed by atoms with E-state index in [-0.39, 0.29) is 12.0 Å². The summed E-state index contributed by atoms with van der Waals surface area (Å²) in [6.45, 7) is 1.32. The summed E-state index contributed by atoms with van der Waals surface area (Å²) in [5, 5.41) is 9.38. The smallest absolute Gasteiger partial charge is 0.253 e. The summed E-state index contributed by atoms with van der Waals surface area (Å²) in [4.78, 5) is 13.9. The number of carbonyl (C=O) groups is 1. The van der Waals surface area contributed by atoms with Gasteiger partial charge in [-0.3, -0.25) is 4.79 Å². The van der Waals surface area contributed by atoms with Crippen LogP contribution in [0.15, 0.2) is 24.3 Å². The summed E-state index contributed by atoms with van der Waals surface area (Å²) in [5.74, 6) is 0.0745. The monoisotopic (exact) mass is 331 g/mol. The fraction of sp³-hybridized carbons (Fsp3) is 0.417. The highest BCUT2D eigenvalue weighted by Gasteiger charge is 2.22. The number of carbonyl (C=O) groups excluding carboxylic acids is 1. The molecule has 0 saturated carbocycles. The lowest BCUT2D eigenvalue weighted by atomic mass is 10.1. The minimum atomic E-state index is -0.236. The van der Waals surface area contributed by atoms with Gasteiger partial charge in [0.15, 0.2) is 0 Å². The lowest BCUT2D eigenvalue weighted by molar-refractivity contribution is 0.0546. The maximum Gasteiger partial charge on any atom is 0.253 e. The quantitative estimate of drug-likeness (QED) is 0.799. The minimum Gasteiger partial charge on any atom is -0.393 e. The molecule has 1 saturated heterocycles. The second-order valence-electron chi connectivity index (χ2n) is 4.03. The molecule has 1 heterocycles. The van der Waals surface area contributed by atoms with Crippen molar-refractivity contribution in [2.24, 2.45) is 0 Å². The summed E-state index contributed by atoms with van der Waals surface area (Å²) in [6, 6.07) is 7.61. The van der Waals surface area contributed by atoms with Crippen LogP contribution in [0.1, 0.15) is 23.2 Å². The van der Waals surface area contributed by atoms with E-state index in [4.69, 9.17) is 0 Å². The van der Waals surface area contributed by atoms with Gasteiger partial charge >= 0.3 is 0 Å². The van der Waals surface area contributed by atoms with Gasteiger partial charge in [-0.15, -0.1) is 0 Å². The van der Waals surface area contributed by atoms with Crippen LogP contribution in [0.25, 0.3) is 0 Å². The number of aliphatic hydroxyl groups excluding tert-OH is 1. The van der Waals surface area contributed by atoms with Gasteiger partial charge in [-0.1, -0.05) is 6.07 Å². The van der Waals surface area contributed by atoms with Crippen molar-refractivity contribution < 1.29 is 9.90 Å². The third-order valence-electron chi connectivity index (χ3n) is 2.82. The van der Waals surface area contributed by atoms with E-state index in [9.17, 15) is 9.90 Å². The zero-order valence-corrected chi connectivity index (χ0v) is 11.1. The van der Waals surface area contributed by atoms with E-state index in [1.807, 2.05) is 29.2 Å². The Morgan fingerprint density at radius 2 is 2.06 bits per heavy atom. The maximum absolute atomic E-state index is 12.1. The Morgan fingerprint density at radius 1 is 1.38 bits per heavy atom. The average molecular weight is 331 g/mol. The van der Waals surface area contributed by atoms with Crippen molar-refractivity contribution in [1.82, 2.24) is 4.90 Å². The molecule has 0 atom stereocenters. The fourth-order valence-electron chi connectivity index (χ4n) is 1.87. The lowest BCUT2D eigenvalue weighted by Crippen LogP contribution is -2.40. The first-order valence-corrected chi connectivity index (χ1v) is 6.47. The zero-order valence-electron chi connectivity index (χ0n) is 8.90. The molecule has 16 heavy (non-hydrogen) atoms. The Balaban J connectivity index is 2.08. The molecule has 2 rings (SSSR count). The SMILES string of the molecule is O=C(c1cccc(I)c1)N1CCC(O)CC1. The van der Waals surface area contributed by atoms with E-state index in [0.717, 1.165) is 9.13 Å². The molecule has 1 aliphatic heterocycles. The molecule has 0 radical (unpaired) electrons. The van der Waals surface area contributed by atoms with Crippen LogP contribution >= 0.6 is 22.6 Å². The van der Waals surface area contributed by atoms with Gasteiger partial charge in [-0.25, -0.2) is 0 Å². The van der Waals surface area contributed by atoms with Crippen molar-refractivity contribution in [2.45, 2.75) is 18.9 Å². The molecular weight excluding hydrogens is 317 g/mol. The number of benzene rings is 1. The Labute approximate surface area is 109 Å². The number of hydrogen-bond donors (Lipinski definition) is 1. The lowest BCUT2D eigenvalue weighted by Gasteiger charge is -2.29. The van der Waals surface area contributed by atoms with Crippen LogP contribution in [0.2, 0.25) is 0 Å². The van der Waals surface area contributed by atoms with Crippen molar-refractivity contribution >= 4 is 28.5 Å². The summed E-state index contributed by atoms with van der Waals surface area (Å²) in [7, 11) is 0. The van der Waals surface area contributed by atoms with Crippen LogP contribution in [0.4, 0.5) is 0 Å². The third kappa shape index (κ3) is 2.74. The van der Waals surface area contributed by atoms with Crippen molar-refractivity contribution in [3.8, 4) is 0 Å². The molecule has 0 aromatic heterocycles. The minimum absolute atomic E-state index is 0.0745. The highest BCUT2D eigenvalue weighted by Crippen LogP contribution is 2.15. The topological polar surface area (TPSA) is 40.5 Å². The van der Waals surface area contributed by atoms with Gasteiger partial charge in [0.2, 0.25) is 0 Å². The molecular formula is C12H14INO2. The van der Waals surface area contributed by atoms with Gasteiger partial charge in [0.1, 0.15) is 0 Å². The Kier molecular flexibility index (Phi) is 3.81. The van der Waals surface area contributed by atoms with Gasteiger partial charge in [-0.05, 0) is 53.6 Å². The second-order valence-corrected chi connectivity index (χ2v) is 5.28. The van der Waals surface area contributed by atoms with Crippen LogP contribution in [-0.4, -0.2) is 35.1 Å². The number of amides is 1. The maximum atomic E-state index is 12.1. The molecule has 1 aliphatic rings. The van der Waals surface area contributed by atoms with E-state index in [0.29, 0.717) is 25.9 Å². The van der Waals surface area contributed by atoms with Gasteiger partial charge in [0, 0.05) is 22.2 Å². The molecule has 1 aromatic rings. The number of hydrogen-bond acceptors (Lipinski definition) is 2. The number of nitrogens with zero attached hydrogens (tertiary/aromatic N) is 1. The standard InChI is InChI=1S/C12H14INO2/c13-10-3-1-2-9(8-10)12(16)14-6-4-11(15)5-7-14/h1-3,8,11,15H,4-7H2. The highest BCUT2D eigenvalue weighted by molar-refractivity contribution is 14.1. The molecule has 1 aromatic carbocycles. The summed E-state index contributed by atoms with van der Waals surface area (Å²) in [6.07, 6.45) is 1.14. The third-order valence-corrected chi connectivity index (χ3v) is 3.49. The average Bonchev–Trinajstić information content (AvgIpc) is 2.29. The molecule has 1 fully saturated rings. The van der Waals surface area contributed by atoms with Gasteiger partial charge in [0.25, 0.3) is 5.91 Å². The van der Waals surface area contributed by atoms with Crippen LogP contribution < -0.4 is 0 Å². The molecule has 0 aliphatic carbocycles. The van der Waals surface area contributed by atoms with Crippen LogP contribution in [0.3, 0.4) is 0 Å². The molecule has 0 spiro atoms. The van der Waals surface area contributed by atoms with Crippen molar-refractivity contribution in [3.63, 3.8) is 0 Å². The van der Waals surface area contributed by atoms with E-state index in [1.165, 1.54) is 0 Å². The van der Waals surface area contributed by atoms with Crippen molar-refractivity contribution in [1.29, 1.82) is 0 Å².